The topological polar surface area (TPSA) is 26.0 Å². The van der Waals surface area contributed by atoms with Crippen molar-refractivity contribution in [1.82, 2.24) is 0 Å². The summed E-state index contributed by atoms with van der Waals surface area (Å²) in [7, 11) is 0. The Hall–Kier alpha value is -0.600. The van der Waals surface area contributed by atoms with Gasteiger partial charge in [-0.05, 0) is 36.1 Å². The zero-order valence-electron chi connectivity index (χ0n) is 8.59. The third-order valence-electron chi connectivity index (χ3n) is 2.15. The Bertz CT molecular complexity index is 269. The van der Waals surface area contributed by atoms with Crippen LogP contribution in [0.1, 0.15) is 19.4 Å². The van der Waals surface area contributed by atoms with Crippen LogP contribution in [-0.4, -0.2) is 6.54 Å². The Balaban J connectivity index is 0.00000169. The molecule has 0 radical (unpaired) electrons. The molecular weight excluding hydrogens is 201 g/mol. The first-order valence-electron chi connectivity index (χ1n) is 4.48. The molecule has 0 heterocycles. The summed E-state index contributed by atoms with van der Waals surface area (Å²) in [5.41, 5.74) is 6.84. The van der Waals surface area contributed by atoms with Crippen LogP contribution in [0.3, 0.4) is 0 Å². The Labute approximate surface area is 90.9 Å². The van der Waals surface area contributed by atoms with Crippen LogP contribution in [0.5, 0.6) is 0 Å². The summed E-state index contributed by atoms with van der Waals surface area (Å²) in [6, 6.07) is 6.60. The summed E-state index contributed by atoms with van der Waals surface area (Å²) < 4.78 is 12.6. The second-order valence-corrected chi connectivity index (χ2v) is 4.17. The smallest absolute Gasteiger partial charge is 0.123 e. The average molecular weight is 218 g/mol. The molecule has 1 aromatic carbocycles. The van der Waals surface area contributed by atoms with E-state index in [1.807, 2.05) is 12.1 Å². The van der Waals surface area contributed by atoms with Crippen molar-refractivity contribution in [1.29, 1.82) is 0 Å². The molecule has 0 aliphatic carbocycles. The van der Waals surface area contributed by atoms with E-state index in [4.69, 9.17) is 5.73 Å². The Morgan fingerprint density at radius 1 is 1.21 bits per heavy atom. The van der Waals surface area contributed by atoms with Gasteiger partial charge in [0, 0.05) is 0 Å². The van der Waals surface area contributed by atoms with Crippen molar-refractivity contribution in [3.8, 4) is 0 Å². The van der Waals surface area contributed by atoms with E-state index in [0.29, 0.717) is 6.54 Å². The van der Waals surface area contributed by atoms with Crippen LogP contribution in [0.2, 0.25) is 0 Å². The minimum atomic E-state index is -0.186. The van der Waals surface area contributed by atoms with Gasteiger partial charge in [-0.2, -0.15) is 0 Å². The van der Waals surface area contributed by atoms with Crippen molar-refractivity contribution < 1.29 is 4.39 Å². The second-order valence-electron chi connectivity index (χ2n) is 4.17. The quantitative estimate of drug-likeness (QED) is 0.828. The van der Waals surface area contributed by atoms with E-state index in [-0.39, 0.29) is 23.6 Å². The monoisotopic (exact) mass is 217 g/mol. The van der Waals surface area contributed by atoms with E-state index in [1.54, 1.807) is 0 Å². The van der Waals surface area contributed by atoms with Crippen molar-refractivity contribution in [3.05, 3.63) is 35.6 Å². The first kappa shape index (κ1) is 13.4. The van der Waals surface area contributed by atoms with Crippen LogP contribution in [0.15, 0.2) is 24.3 Å². The fourth-order valence-electron chi connectivity index (χ4n) is 1.23. The van der Waals surface area contributed by atoms with Crippen LogP contribution in [0, 0.1) is 11.2 Å². The first-order chi connectivity index (χ1) is 6.03. The van der Waals surface area contributed by atoms with Crippen molar-refractivity contribution in [2.45, 2.75) is 20.3 Å². The minimum Gasteiger partial charge on any atom is -0.330 e. The molecule has 3 heteroatoms. The lowest BCUT2D eigenvalue weighted by molar-refractivity contribution is 0.376. The van der Waals surface area contributed by atoms with E-state index in [1.165, 1.54) is 12.1 Å². The highest BCUT2D eigenvalue weighted by atomic mass is 35.5. The molecule has 0 fully saturated rings. The largest absolute Gasteiger partial charge is 0.330 e. The maximum absolute atomic E-state index is 12.6. The van der Waals surface area contributed by atoms with Gasteiger partial charge in [0.15, 0.2) is 0 Å². The molecular formula is C11H17ClFN. The zero-order valence-corrected chi connectivity index (χ0v) is 9.40. The summed E-state index contributed by atoms with van der Waals surface area (Å²) >= 11 is 0. The first-order valence-corrected chi connectivity index (χ1v) is 4.48. The van der Waals surface area contributed by atoms with Crippen LogP contribution >= 0.6 is 12.4 Å². The third-order valence-corrected chi connectivity index (χ3v) is 2.15. The fraction of sp³-hybridized carbons (Fsp3) is 0.455. The van der Waals surface area contributed by atoms with E-state index in [2.05, 4.69) is 13.8 Å². The molecule has 0 aliphatic heterocycles. The summed E-state index contributed by atoms with van der Waals surface area (Å²) in [5.74, 6) is -0.186. The van der Waals surface area contributed by atoms with Crippen molar-refractivity contribution in [2.75, 3.05) is 6.54 Å². The molecule has 14 heavy (non-hydrogen) atoms. The number of nitrogens with two attached hydrogens (primary N) is 1. The highest BCUT2D eigenvalue weighted by molar-refractivity contribution is 5.85. The van der Waals surface area contributed by atoms with E-state index >= 15 is 0 Å². The van der Waals surface area contributed by atoms with Crippen molar-refractivity contribution in [3.63, 3.8) is 0 Å². The van der Waals surface area contributed by atoms with E-state index < -0.39 is 0 Å². The Kier molecular flexibility index (Phi) is 5.09. The van der Waals surface area contributed by atoms with Gasteiger partial charge in [0.2, 0.25) is 0 Å². The highest BCUT2D eigenvalue weighted by Crippen LogP contribution is 2.20. The number of hydrogen-bond donors (Lipinski definition) is 1. The minimum absolute atomic E-state index is 0. The van der Waals surface area contributed by atoms with Gasteiger partial charge in [-0.1, -0.05) is 26.0 Å². The third kappa shape index (κ3) is 4.07. The number of rotatable bonds is 3. The summed E-state index contributed by atoms with van der Waals surface area (Å²) in [6.45, 7) is 4.86. The molecule has 0 aromatic heterocycles. The van der Waals surface area contributed by atoms with Gasteiger partial charge >= 0.3 is 0 Å². The van der Waals surface area contributed by atoms with Crippen LogP contribution < -0.4 is 5.73 Å². The molecule has 80 valence electrons. The Morgan fingerprint density at radius 2 is 1.71 bits per heavy atom. The summed E-state index contributed by atoms with van der Waals surface area (Å²) in [4.78, 5) is 0. The van der Waals surface area contributed by atoms with E-state index in [9.17, 15) is 4.39 Å². The van der Waals surface area contributed by atoms with Crippen LogP contribution in [-0.2, 0) is 6.42 Å². The highest BCUT2D eigenvalue weighted by Gasteiger charge is 2.15. The standard InChI is InChI=1S/C11H16FN.ClH/c1-11(2,8-13)7-9-3-5-10(12)6-4-9;/h3-6H,7-8,13H2,1-2H3;1H. The van der Waals surface area contributed by atoms with Crippen molar-refractivity contribution >= 4 is 12.4 Å². The molecule has 2 N–H and O–H groups in total. The molecule has 0 saturated heterocycles. The fourth-order valence-corrected chi connectivity index (χ4v) is 1.23. The Morgan fingerprint density at radius 3 is 2.14 bits per heavy atom. The lowest BCUT2D eigenvalue weighted by atomic mass is 9.86. The maximum Gasteiger partial charge on any atom is 0.123 e. The molecule has 1 aromatic rings. The predicted octanol–water partition coefficient (Wildman–Crippen LogP) is 2.77. The molecule has 1 nitrogen and oxygen atoms in total. The molecule has 1 rings (SSSR count). The average Bonchev–Trinajstić information content (AvgIpc) is 2.09. The van der Waals surface area contributed by atoms with Gasteiger partial charge in [0.05, 0.1) is 0 Å². The van der Waals surface area contributed by atoms with Gasteiger partial charge in [0.25, 0.3) is 0 Å². The number of benzene rings is 1. The molecule has 0 bridgehead atoms. The predicted molar refractivity (Wildman–Crippen MR) is 60.2 cm³/mol. The molecule has 0 saturated carbocycles. The zero-order chi connectivity index (χ0) is 9.90. The van der Waals surface area contributed by atoms with E-state index in [0.717, 1.165) is 12.0 Å². The van der Waals surface area contributed by atoms with Crippen LogP contribution in [0.4, 0.5) is 4.39 Å². The maximum atomic E-state index is 12.6. The number of halogens is 2. The van der Waals surface area contributed by atoms with Crippen molar-refractivity contribution in [2.24, 2.45) is 11.1 Å². The van der Waals surface area contributed by atoms with Gasteiger partial charge in [-0.15, -0.1) is 12.4 Å². The molecule has 0 amide bonds. The van der Waals surface area contributed by atoms with Gasteiger partial charge < -0.3 is 5.73 Å². The number of hydrogen-bond acceptors (Lipinski definition) is 1. The molecule has 0 atom stereocenters. The van der Waals surface area contributed by atoms with Gasteiger partial charge in [-0.3, -0.25) is 0 Å². The van der Waals surface area contributed by atoms with Gasteiger partial charge in [-0.25, -0.2) is 4.39 Å². The second kappa shape index (κ2) is 5.32. The normalized spacial score (nSPS) is 10.9. The SMILES string of the molecule is CC(C)(CN)Cc1ccc(F)cc1.Cl. The summed E-state index contributed by atoms with van der Waals surface area (Å²) in [6.07, 6.45) is 0.893. The summed E-state index contributed by atoms with van der Waals surface area (Å²) in [5, 5.41) is 0. The lowest BCUT2D eigenvalue weighted by Gasteiger charge is -2.22. The lowest BCUT2D eigenvalue weighted by Crippen LogP contribution is -2.25. The molecule has 0 spiro atoms. The molecule has 0 aliphatic rings. The van der Waals surface area contributed by atoms with Crippen LogP contribution in [0.25, 0.3) is 0 Å². The molecule has 0 unspecified atom stereocenters. The van der Waals surface area contributed by atoms with Gasteiger partial charge in [0.1, 0.15) is 5.82 Å².